The summed E-state index contributed by atoms with van der Waals surface area (Å²) >= 11 is 1.23. The number of benzene rings is 1. The smallest absolute Gasteiger partial charge is 0.315 e. The van der Waals surface area contributed by atoms with Crippen LogP contribution in [0.1, 0.15) is 11.5 Å². The Balaban J connectivity index is 1.14. The summed E-state index contributed by atoms with van der Waals surface area (Å²) in [6, 6.07) is 7.31. The number of carbonyl (C=O) groups excluding carboxylic acids is 2. The Morgan fingerprint density at radius 2 is 1.89 bits per heavy atom. The number of carbonyl (C=O) groups is 2. The van der Waals surface area contributed by atoms with Gasteiger partial charge in [-0.3, -0.25) is 19.3 Å². The summed E-state index contributed by atoms with van der Waals surface area (Å²) in [7, 11) is 1.57. The molecular formula is C23H24N8O4S. The molecule has 3 aromatic heterocycles. The monoisotopic (exact) mass is 508 g/mol. The number of nitrogens with one attached hydrogen (secondary N) is 1. The van der Waals surface area contributed by atoms with Crippen molar-refractivity contribution >= 4 is 39.7 Å². The number of ether oxygens (including phenoxy) is 2. The Hall–Kier alpha value is -4.26. The molecule has 1 aromatic carbocycles. The normalized spacial score (nSPS) is 13.6. The van der Waals surface area contributed by atoms with Crippen molar-refractivity contribution < 1.29 is 19.1 Å². The van der Waals surface area contributed by atoms with Gasteiger partial charge in [0.25, 0.3) is 0 Å². The lowest BCUT2D eigenvalue weighted by molar-refractivity contribution is -0.143. The number of para-hydroxylation sites is 2. The number of thiazole rings is 1. The largest absolute Gasteiger partial charge is 0.493 e. The van der Waals surface area contributed by atoms with Crippen molar-refractivity contribution in [3.63, 3.8) is 0 Å². The van der Waals surface area contributed by atoms with E-state index in [0.29, 0.717) is 60.0 Å². The summed E-state index contributed by atoms with van der Waals surface area (Å²) in [5.74, 6) is 1.38. The zero-order valence-electron chi connectivity index (χ0n) is 19.7. The molecule has 0 radical (unpaired) electrons. The average molecular weight is 509 g/mol. The lowest BCUT2D eigenvalue weighted by atomic mass is 10.3. The fourth-order valence-corrected chi connectivity index (χ4v) is 4.58. The number of methoxy groups -OCH3 is 1. The number of aromatic nitrogens is 5. The summed E-state index contributed by atoms with van der Waals surface area (Å²) in [5, 5.41) is 13.0. The van der Waals surface area contributed by atoms with Crippen LogP contribution in [-0.4, -0.2) is 74.6 Å². The number of nitrogens with zero attached hydrogens (tertiary/aromatic N) is 7. The van der Waals surface area contributed by atoms with E-state index >= 15 is 0 Å². The van der Waals surface area contributed by atoms with E-state index in [4.69, 9.17) is 9.47 Å². The summed E-state index contributed by atoms with van der Waals surface area (Å²) in [6.45, 7) is 3.90. The minimum absolute atomic E-state index is 0.203. The average Bonchev–Trinajstić information content (AvgIpc) is 3.53. The summed E-state index contributed by atoms with van der Waals surface area (Å²) in [5.41, 5.74) is 1.30. The van der Waals surface area contributed by atoms with Crippen LogP contribution in [0, 0.1) is 6.92 Å². The lowest BCUT2D eigenvalue weighted by Gasteiger charge is -2.34. The molecule has 36 heavy (non-hydrogen) atoms. The van der Waals surface area contributed by atoms with Gasteiger partial charge in [0.05, 0.1) is 12.8 Å². The highest BCUT2D eigenvalue weighted by Crippen LogP contribution is 2.27. The molecule has 0 unspecified atom stereocenters. The van der Waals surface area contributed by atoms with Crippen molar-refractivity contribution in [3.05, 3.63) is 53.6 Å². The molecule has 0 atom stereocenters. The Bertz CT molecular complexity index is 1400. The van der Waals surface area contributed by atoms with Crippen LogP contribution in [0.3, 0.4) is 0 Å². The van der Waals surface area contributed by atoms with Crippen LogP contribution >= 0.6 is 11.3 Å². The van der Waals surface area contributed by atoms with Gasteiger partial charge in [0, 0.05) is 44.0 Å². The molecule has 12 nitrogen and oxygen atoms in total. The molecule has 186 valence electrons. The fraction of sp³-hybridized carbons (Fsp3) is 0.304. The second-order valence-corrected chi connectivity index (χ2v) is 8.87. The number of amides is 2. The number of hydrogen-bond donors (Lipinski definition) is 1. The van der Waals surface area contributed by atoms with E-state index in [1.807, 2.05) is 34.6 Å². The third-order valence-electron chi connectivity index (χ3n) is 5.76. The van der Waals surface area contributed by atoms with Gasteiger partial charge >= 0.3 is 11.8 Å². The molecule has 5 rings (SSSR count). The predicted molar refractivity (Wildman–Crippen MR) is 132 cm³/mol. The zero-order valence-corrected chi connectivity index (χ0v) is 20.6. The van der Waals surface area contributed by atoms with Gasteiger partial charge in [-0.2, -0.15) is 0 Å². The number of fused-ring (bicyclic) bond motifs is 1. The van der Waals surface area contributed by atoms with Gasteiger partial charge in [0.1, 0.15) is 12.4 Å². The maximum absolute atomic E-state index is 12.7. The molecule has 0 spiro atoms. The van der Waals surface area contributed by atoms with E-state index in [2.05, 4.69) is 25.5 Å². The van der Waals surface area contributed by atoms with Crippen molar-refractivity contribution in [2.24, 2.45) is 0 Å². The van der Waals surface area contributed by atoms with Gasteiger partial charge < -0.3 is 19.3 Å². The first-order chi connectivity index (χ1) is 17.5. The molecule has 2 amide bonds. The van der Waals surface area contributed by atoms with Gasteiger partial charge in [-0.15, -0.1) is 21.5 Å². The van der Waals surface area contributed by atoms with Crippen LogP contribution < -0.4 is 19.7 Å². The molecule has 4 heterocycles. The molecule has 0 bridgehead atoms. The SMILES string of the molecule is COc1ccccc1OCc1csc(NC(=O)C(=O)N2CCN(c3nccn4c(C)nnc34)CC2)n1. The molecule has 13 heteroatoms. The minimum Gasteiger partial charge on any atom is -0.493 e. The molecule has 1 N–H and O–H groups in total. The van der Waals surface area contributed by atoms with Crippen molar-refractivity contribution in [1.82, 2.24) is 29.5 Å². The molecule has 1 fully saturated rings. The van der Waals surface area contributed by atoms with Gasteiger partial charge in [0.2, 0.25) is 5.65 Å². The highest BCUT2D eigenvalue weighted by atomic mass is 32.1. The van der Waals surface area contributed by atoms with Crippen molar-refractivity contribution in [2.45, 2.75) is 13.5 Å². The van der Waals surface area contributed by atoms with Crippen LogP contribution in [0.2, 0.25) is 0 Å². The minimum atomic E-state index is -0.719. The number of rotatable bonds is 6. The highest BCUT2D eigenvalue weighted by molar-refractivity contribution is 7.14. The fourth-order valence-electron chi connectivity index (χ4n) is 3.89. The van der Waals surface area contributed by atoms with E-state index in [1.165, 1.54) is 16.2 Å². The van der Waals surface area contributed by atoms with Gasteiger partial charge in [-0.25, -0.2) is 9.97 Å². The van der Waals surface area contributed by atoms with Crippen LogP contribution in [0.25, 0.3) is 5.65 Å². The predicted octanol–water partition coefficient (Wildman–Crippen LogP) is 1.76. The molecule has 1 aliphatic heterocycles. The number of anilines is 2. The molecule has 4 aromatic rings. The van der Waals surface area contributed by atoms with E-state index < -0.39 is 11.8 Å². The highest BCUT2D eigenvalue weighted by Gasteiger charge is 2.28. The van der Waals surface area contributed by atoms with Crippen molar-refractivity contribution in [3.8, 4) is 11.5 Å². The van der Waals surface area contributed by atoms with Gasteiger partial charge in [0.15, 0.2) is 22.4 Å². The molecular weight excluding hydrogens is 484 g/mol. The van der Waals surface area contributed by atoms with E-state index in [0.717, 1.165) is 5.82 Å². The van der Waals surface area contributed by atoms with Crippen LogP contribution in [0.5, 0.6) is 11.5 Å². The lowest BCUT2D eigenvalue weighted by Crippen LogP contribution is -2.51. The summed E-state index contributed by atoms with van der Waals surface area (Å²) in [4.78, 5) is 37.7. The second kappa shape index (κ2) is 10.2. The summed E-state index contributed by atoms with van der Waals surface area (Å²) in [6.07, 6.45) is 3.51. The van der Waals surface area contributed by atoms with E-state index in [1.54, 1.807) is 30.8 Å². The van der Waals surface area contributed by atoms with Crippen LogP contribution in [-0.2, 0) is 16.2 Å². The number of piperazine rings is 1. The Kier molecular flexibility index (Phi) is 6.62. The topological polar surface area (TPSA) is 127 Å². The van der Waals surface area contributed by atoms with Crippen LogP contribution in [0.15, 0.2) is 42.0 Å². The van der Waals surface area contributed by atoms with Crippen molar-refractivity contribution in [2.75, 3.05) is 43.5 Å². The molecule has 1 aliphatic rings. The van der Waals surface area contributed by atoms with Crippen LogP contribution in [0.4, 0.5) is 10.9 Å². The number of aryl methyl sites for hydroxylation is 1. The molecule has 1 saturated heterocycles. The van der Waals surface area contributed by atoms with Gasteiger partial charge in [-0.05, 0) is 19.1 Å². The molecule has 0 saturated carbocycles. The van der Waals surface area contributed by atoms with E-state index in [9.17, 15) is 9.59 Å². The third-order valence-corrected chi connectivity index (χ3v) is 6.56. The quantitative estimate of drug-likeness (QED) is 0.388. The zero-order chi connectivity index (χ0) is 25.1. The van der Waals surface area contributed by atoms with E-state index in [-0.39, 0.29) is 6.61 Å². The first kappa shape index (κ1) is 23.5. The van der Waals surface area contributed by atoms with Gasteiger partial charge in [-0.1, -0.05) is 12.1 Å². The Labute approximate surface area is 210 Å². The number of hydrogen-bond acceptors (Lipinski definition) is 10. The van der Waals surface area contributed by atoms with Crippen molar-refractivity contribution in [1.29, 1.82) is 0 Å². The first-order valence-corrected chi connectivity index (χ1v) is 12.1. The third kappa shape index (κ3) is 4.77. The Morgan fingerprint density at radius 1 is 1.11 bits per heavy atom. The summed E-state index contributed by atoms with van der Waals surface area (Å²) < 4.78 is 12.9. The maximum Gasteiger partial charge on any atom is 0.315 e. The second-order valence-electron chi connectivity index (χ2n) is 8.01. The Morgan fingerprint density at radius 3 is 2.67 bits per heavy atom. The maximum atomic E-state index is 12.7. The standard InChI is InChI=1S/C23H24N8O4S/c1-15-27-28-20-19(24-7-8-31(15)20)29-9-11-30(12-10-29)22(33)21(32)26-23-25-16(14-36-23)13-35-18-6-4-3-5-17(18)34-2/h3-8,14H,9-13H2,1-2H3,(H,25,26,32). The first-order valence-electron chi connectivity index (χ1n) is 11.2. The molecule has 0 aliphatic carbocycles.